The van der Waals surface area contributed by atoms with Crippen LogP contribution in [0.4, 0.5) is 0 Å². The molecule has 1 aromatic heterocycles. The molecule has 0 spiro atoms. The highest BCUT2D eigenvalue weighted by molar-refractivity contribution is 9.10. The Morgan fingerprint density at radius 3 is 2.84 bits per heavy atom. The fraction of sp³-hybridized carbons (Fsp3) is 0.400. The van der Waals surface area contributed by atoms with Crippen LogP contribution in [0, 0.1) is 5.92 Å². The number of carbonyl (C=O) groups is 1. The number of amides is 1. The minimum Gasteiger partial charge on any atom is -0.361 e. The van der Waals surface area contributed by atoms with E-state index in [4.69, 9.17) is 0 Å². The lowest BCUT2D eigenvalue weighted by molar-refractivity contribution is -0.121. The Morgan fingerprint density at radius 2 is 2.11 bits per heavy atom. The second-order valence-corrected chi connectivity index (χ2v) is 6.03. The van der Waals surface area contributed by atoms with Crippen LogP contribution in [0.2, 0.25) is 0 Å². The van der Waals surface area contributed by atoms with Crippen molar-refractivity contribution in [1.29, 1.82) is 0 Å². The van der Waals surface area contributed by atoms with E-state index in [1.165, 1.54) is 10.9 Å². The van der Waals surface area contributed by atoms with Gasteiger partial charge in [-0.3, -0.25) is 4.79 Å². The highest BCUT2D eigenvalue weighted by atomic mass is 79.9. The highest BCUT2D eigenvalue weighted by Crippen LogP contribution is 2.18. The first-order valence-corrected chi connectivity index (χ1v) is 7.48. The Bertz CT molecular complexity index is 562. The number of aromatic amines is 1. The molecule has 0 radical (unpaired) electrons. The van der Waals surface area contributed by atoms with Crippen LogP contribution >= 0.6 is 15.9 Å². The first-order valence-electron chi connectivity index (χ1n) is 6.56. The van der Waals surface area contributed by atoms with E-state index in [0.29, 0.717) is 12.5 Å². The number of fused-ring (bicyclic) bond motifs is 1. The smallest absolute Gasteiger partial charge is 0.234 e. The number of para-hydroxylation sites is 1. The molecular formula is C15H19BrN2O. The first kappa shape index (κ1) is 14.1. The molecule has 102 valence electrons. The van der Waals surface area contributed by atoms with Gasteiger partial charge < -0.3 is 10.3 Å². The summed E-state index contributed by atoms with van der Waals surface area (Å²) >= 11 is 3.41. The van der Waals surface area contributed by atoms with Crippen LogP contribution in [0.5, 0.6) is 0 Å². The molecule has 1 unspecified atom stereocenters. The minimum absolute atomic E-state index is 0.0647. The predicted molar refractivity (Wildman–Crippen MR) is 82.6 cm³/mol. The maximum absolute atomic E-state index is 11.8. The molecule has 1 heterocycles. The Kier molecular flexibility index (Phi) is 4.64. The second-order valence-electron chi connectivity index (χ2n) is 5.05. The van der Waals surface area contributed by atoms with Gasteiger partial charge in [0.1, 0.15) is 0 Å². The molecule has 2 aromatic rings. The highest BCUT2D eigenvalue weighted by Gasteiger charge is 2.17. The number of hydrogen-bond donors (Lipinski definition) is 2. The normalized spacial score (nSPS) is 12.8. The number of benzene rings is 1. The van der Waals surface area contributed by atoms with E-state index in [1.54, 1.807) is 0 Å². The number of aromatic nitrogens is 1. The lowest BCUT2D eigenvalue weighted by atomic mass is 10.1. The summed E-state index contributed by atoms with van der Waals surface area (Å²) in [4.78, 5) is 14.9. The summed E-state index contributed by atoms with van der Waals surface area (Å²) in [5.41, 5.74) is 2.39. The van der Waals surface area contributed by atoms with Crippen molar-refractivity contribution in [2.24, 2.45) is 5.92 Å². The average molecular weight is 323 g/mol. The zero-order valence-electron chi connectivity index (χ0n) is 11.2. The van der Waals surface area contributed by atoms with Gasteiger partial charge in [0.25, 0.3) is 0 Å². The third-order valence-corrected chi connectivity index (χ3v) is 4.68. The van der Waals surface area contributed by atoms with Gasteiger partial charge in [0.2, 0.25) is 5.91 Å². The van der Waals surface area contributed by atoms with Crippen LogP contribution in [0.15, 0.2) is 30.5 Å². The van der Waals surface area contributed by atoms with Crippen LogP contribution in [0.3, 0.4) is 0 Å². The van der Waals surface area contributed by atoms with E-state index in [9.17, 15) is 4.79 Å². The van der Waals surface area contributed by atoms with E-state index in [-0.39, 0.29) is 10.7 Å². The van der Waals surface area contributed by atoms with Gasteiger partial charge in [0.05, 0.1) is 4.83 Å². The van der Waals surface area contributed by atoms with Crippen LogP contribution in [-0.2, 0) is 11.2 Å². The molecule has 0 aliphatic heterocycles. The quantitative estimate of drug-likeness (QED) is 0.815. The second kappa shape index (κ2) is 6.24. The van der Waals surface area contributed by atoms with Gasteiger partial charge in [-0.2, -0.15) is 0 Å². The van der Waals surface area contributed by atoms with Crippen molar-refractivity contribution in [3.63, 3.8) is 0 Å². The van der Waals surface area contributed by atoms with Crippen molar-refractivity contribution >= 4 is 32.7 Å². The van der Waals surface area contributed by atoms with Gasteiger partial charge in [-0.1, -0.05) is 48.0 Å². The van der Waals surface area contributed by atoms with E-state index in [1.807, 2.05) is 32.2 Å². The summed E-state index contributed by atoms with van der Waals surface area (Å²) in [5, 5.41) is 4.20. The van der Waals surface area contributed by atoms with Gasteiger partial charge in [0, 0.05) is 23.6 Å². The Morgan fingerprint density at radius 1 is 1.37 bits per heavy atom. The summed E-state index contributed by atoms with van der Waals surface area (Å²) in [6, 6.07) is 8.21. The van der Waals surface area contributed by atoms with Gasteiger partial charge in [-0.25, -0.2) is 0 Å². The van der Waals surface area contributed by atoms with Crippen molar-refractivity contribution in [2.45, 2.75) is 25.1 Å². The largest absolute Gasteiger partial charge is 0.361 e. The first-order chi connectivity index (χ1) is 9.09. The Balaban J connectivity index is 1.91. The van der Waals surface area contributed by atoms with Crippen molar-refractivity contribution in [3.05, 3.63) is 36.0 Å². The zero-order chi connectivity index (χ0) is 13.8. The lowest BCUT2D eigenvalue weighted by Gasteiger charge is -2.13. The zero-order valence-corrected chi connectivity index (χ0v) is 12.8. The predicted octanol–water partition coefficient (Wildman–Crippen LogP) is 3.25. The van der Waals surface area contributed by atoms with Crippen molar-refractivity contribution in [3.8, 4) is 0 Å². The molecule has 3 nitrogen and oxygen atoms in total. The number of hydrogen-bond acceptors (Lipinski definition) is 1. The Hall–Kier alpha value is -1.29. The summed E-state index contributed by atoms with van der Waals surface area (Å²) in [7, 11) is 0. The third kappa shape index (κ3) is 3.38. The number of carbonyl (C=O) groups excluding carboxylic acids is 1. The van der Waals surface area contributed by atoms with E-state index < -0.39 is 0 Å². The number of nitrogens with one attached hydrogen (secondary N) is 2. The standard InChI is InChI=1S/C15H19BrN2O/c1-10(2)14(16)15(19)17-8-7-11-9-18-13-6-4-3-5-12(11)13/h3-6,9-10,14,18H,7-8H2,1-2H3,(H,17,19). The fourth-order valence-corrected chi connectivity index (χ4v) is 2.22. The molecule has 0 aliphatic rings. The van der Waals surface area contributed by atoms with Gasteiger partial charge >= 0.3 is 0 Å². The minimum atomic E-state index is -0.115. The molecule has 0 saturated carbocycles. The molecule has 2 rings (SSSR count). The number of alkyl halides is 1. The molecule has 4 heteroatoms. The molecule has 2 N–H and O–H groups in total. The molecule has 1 amide bonds. The maximum atomic E-state index is 11.8. The molecule has 19 heavy (non-hydrogen) atoms. The molecular weight excluding hydrogens is 304 g/mol. The van der Waals surface area contributed by atoms with Crippen LogP contribution < -0.4 is 5.32 Å². The van der Waals surface area contributed by atoms with Crippen LogP contribution in [0.25, 0.3) is 10.9 Å². The molecule has 1 aromatic carbocycles. The van der Waals surface area contributed by atoms with Gasteiger partial charge in [0.15, 0.2) is 0 Å². The molecule has 0 saturated heterocycles. The average Bonchev–Trinajstić information content (AvgIpc) is 2.81. The molecule has 0 bridgehead atoms. The molecule has 0 aliphatic carbocycles. The maximum Gasteiger partial charge on any atom is 0.234 e. The van der Waals surface area contributed by atoms with Crippen LogP contribution in [-0.4, -0.2) is 22.3 Å². The lowest BCUT2D eigenvalue weighted by Crippen LogP contribution is -2.35. The topological polar surface area (TPSA) is 44.9 Å². The van der Waals surface area contributed by atoms with Crippen LogP contribution in [0.1, 0.15) is 19.4 Å². The van der Waals surface area contributed by atoms with E-state index in [0.717, 1.165) is 11.9 Å². The van der Waals surface area contributed by atoms with Crippen molar-refractivity contribution in [2.75, 3.05) is 6.54 Å². The third-order valence-electron chi connectivity index (χ3n) is 3.20. The van der Waals surface area contributed by atoms with Crippen molar-refractivity contribution < 1.29 is 4.79 Å². The summed E-state index contributed by atoms with van der Waals surface area (Å²) < 4.78 is 0. The number of H-pyrrole nitrogens is 1. The molecule has 0 fully saturated rings. The van der Waals surface area contributed by atoms with Gasteiger partial charge in [-0.05, 0) is 24.0 Å². The fourth-order valence-electron chi connectivity index (χ4n) is 2.06. The molecule has 1 atom stereocenters. The van der Waals surface area contributed by atoms with E-state index >= 15 is 0 Å². The summed E-state index contributed by atoms with van der Waals surface area (Å²) in [6.07, 6.45) is 2.86. The summed E-state index contributed by atoms with van der Waals surface area (Å²) in [6.45, 7) is 4.72. The summed E-state index contributed by atoms with van der Waals surface area (Å²) in [5.74, 6) is 0.364. The Labute approximate surface area is 121 Å². The monoisotopic (exact) mass is 322 g/mol. The SMILES string of the molecule is CC(C)C(Br)C(=O)NCCc1c[nH]c2ccccc12. The number of halogens is 1. The van der Waals surface area contributed by atoms with E-state index in [2.05, 4.69) is 38.4 Å². The number of rotatable bonds is 5. The van der Waals surface area contributed by atoms with Crippen molar-refractivity contribution in [1.82, 2.24) is 10.3 Å². The van der Waals surface area contributed by atoms with Gasteiger partial charge in [-0.15, -0.1) is 0 Å².